The van der Waals surface area contributed by atoms with Crippen molar-refractivity contribution in [2.24, 2.45) is 5.92 Å². The molecule has 1 N–H and O–H groups in total. The van der Waals surface area contributed by atoms with E-state index in [0.717, 1.165) is 18.5 Å². The Hall–Kier alpha value is -0.470. The second-order valence-electron chi connectivity index (χ2n) is 5.71. The zero-order chi connectivity index (χ0) is 12.4. The molecule has 1 saturated carbocycles. The van der Waals surface area contributed by atoms with Gasteiger partial charge in [0.25, 0.3) is 0 Å². The molecule has 1 atom stereocenters. The number of thioether (sulfide) groups is 1. The summed E-state index contributed by atoms with van der Waals surface area (Å²) >= 11 is 2.00. The van der Waals surface area contributed by atoms with Crippen molar-refractivity contribution in [2.75, 3.05) is 12.3 Å². The molecule has 1 nitrogen and oxygen atoms in total. The van der Waals surface area contributed by atoms with Gasteiger partial charge in [0.1, 0.15) is 0 Å². The topological polar surface area (TPSA) is 12.0 Å². The van der Waals surface area contributed by atoms with Crippen LogP contribution in [0.25, 0.3) is 0 Å². The summed E-state index contributed by atoms with van der Waals surface area (Å²) in [5.41, 5.74) is 3.18. The van der Waals surface area contributed by atoms with Gasteiger partial charge in [-0.15, -0.1) is 11.8 Å². The quantitative estimate of drug-likeness (QED) is 0.619. The van der Waals surface area contributed by atoms with Crippen LogP contribution in [0.3, 0.4) is 0 Å². The third-order valence-corrected chi connectivity index (χ3v) is 5.23. The van der Waals surface area contributed by atoms with Gasteiger partial charge in [0.05, 0.1) is 0 Å². The van der Waals surface area contributed by atoms with Gasteiger partial charge in [-0.1, -0.05) is 6.07 Å². The number of hydrogen-bond donors (Lipinski definition) is 1. The molecule has 0 amide bonds. The molecule has 1 aromatic rings. The first-order valence-electron chi connectivity index (χ1n) is 7.31. The molecular weight excluding hydrogens is 238 g/mol. The van der Waals surface area contributed by atoms with Crippen molar-refractivity contribution in [2.45, 2.75) is 50.0 Å². The minimum atomic E-state index is 0.727. The van der Waals surface area contributed by atoms with Gasteiger partial charge in [-0.25, -0.2) is 0 Å². The maximum atomic E-state index is 3.65. The maximum Gasteiger partial charge on any atom is 0.0106 e. The van der Waals surface area contributed by atoms with Gasteiger partial charge >= 0.3 is 0 Å². The Kier molecular flexibility index (Phi) is 3.95. The van der Waals surface area contributed by atoms with Gasteiger partial charge in [0, 0.05) is 23.2 Å². The molecule has 0 aromatic heterocycles. The zero-order valence-corrected chi connectivity index (χ0v) is 12.1. The normalized spacial score (nSPS) is 19.8. The lowest BCUT2D eigenvalue weighted by molar-refractivity contribution is 0.514. The molecule has 0 heterocycles. The van der Waals surface area contributed by atoms with Crippen molar-refractivity contribution in [1.82, 2.24) is 5.32 Å². The predicted octanol–water partition coefficient (Wildman–Crippen LogP) is 3.66. The minimum absolute atomic E-state index is 0.727. The van der Waals surface area contributed by atoms with Crippen molar-refractivity contribution in [3.63, 3.8) is 0 Å². The molecule has 1 unspecified atom stereocenters. The average Bonchev–Trinajstić information content (AvgIpc) is 3.13. The smallest absolute Gasteiger partial charge is 0.0106 e. The van der Waals surface area contributed by atoms with Crippen molar-refractivity contribution in [1.29, 1.82) is 0 Å². The van der Waals surface area contributed by atoms with E-state index in [-0.39, 0.29) is 0 Å². The number of benzene rings is 1. The number of nitrogens with one attached hydrogen (secondary N) is 1. The fourth-order valence-corrected chi connectivity index (χ4v) is 3.70. The largest absolute Gasteiger partial charge is 0.313 e. The summed E-state index contributed by atoms with van der Waals surface area (Å²) in [6.07, 6.45) is 6.81. The molecule has 98 valence electrons. The first kappa shape index (κ1) is 12.6. The number of aryl methyl sites for hydroxylation is 2. The third kappa shape index (κ3) is 3.10. The van der Waals surface area contributed by atoms with Crippen molar-refractivity contribution in [3.05, 3.63) is 29.3 Å². The zero-order valence-electron chi connectivity index (χ0n) is 11.2. The molecule has 1 aromatic carbocycles. The highest BCUT2D eigenvalue weighted by atomic mass is 32.2. The number of hydrogen-bond acceptors (Lipinski definition) is 2. The Morgan fingerprint density at radius 2 is 2.11 bits per heavy atom. The van der Waals surface area contributed by atoms with E-state index in [1.807, 2.05) is 11.8 Å². The van der Waals surface area contributed by atoms with Crippen LogP contribution in [0.1, 0.15) is 37.3 Å². The van der Waals surface area contributed by atoms with Gasteiger partial charge in [-0.3, -0.25) is 0 Å². The van der Waals surface area contributed by atoms with E-state index in [2.05, 4.69) is 30.4 Å². The van der Waals surface area contributed by atoms with E-state index in [1.54, 1.807) is 11.1 Å². The molecule has 0 aliphatic heterocycles. The lowest BCUT2D eigenvalue weighted by Gasteiger charge is -2.12. The van der Waals surface area contributed by atoms with Crippen LogP contribution in [-0.4, -0.2) is 18.3 Å². The van der Waals surface area contributed by atoms with Crippen LogP contribution in [0.15, 0.2) is 23.1 Å². The molecule has 2 aliphatic carbocycles. The van der Waals surface area contributed by atoms with Crippen LogP contribution in [-0.2, 0) is 12.8 Å². The summed E-state index contributed by atoms with van der Waals surface area (Å²) in [4.78, 5) is 1.46. The first-order valence-corrected chi connectivity index (χ1v) is 8.29. The van der Waals surface area contributed by atoms with Crippen molar-refractivity contribution < 1.29 is 0 Å². The second kappa shape index (κ2) is 5.66. The van der Waals surface area contributed by atoms with Crippen LogP contribution in [0.5, 0.6) is 0 Å². The van der Waals surface area contributed by atoms with Crippen LogP contribution < -0.4 is 5.32 Å². The summed E-state index contributed by atoms with van der Waals surface area (Å²) in [5, 5.41) is 3.65. The second-order valence-corrected chi connectivity index (χ2v) is 6.88. The highest BCUT2D eigenvalue weighted by molar-refractivity contribution is 7.99. The number of fused-ring (bicyclic) bond motifs is 1. The van der Waals surface area contributed by atoms with E-state index in [4.69, 9.17) is 0 Å². The van der Waals surface area contributed by atoms with E-state index < -0.39 is 0 Å². The SMILES string of the molecule is CC(NCCSc1ccc2c(c1)CCC2)C1CC1. The van der Waals surface area contributed by atoms with E-state index >= 15 is 0 Å². The van der Waals surface area contributed by atoms with Gasteiger partial charge in [0.15, 0.2) is 0 Å². The van der Waals surface area contributed by atoms with E-state index in [0.29, 0.717) is 0 Å². The molecule has 0 spiro atoms. The highest BCUT2D eigenvalue weighted by Gasteiger charge is 2.27. The maximum absolute atomic E-state index is 3.65. The Labute approximate surface area is 115 Å². The lowest BCUT2D eigenvalue weighted by Crippen LogP contribution is -2.29. The Morgan fingerprint density at radius 3 is 2.94 bits per heavy atom. The van der Waals surface area contributed by atoms with Gasteiger partial charge < -0.3 is 5.32 Å². The molecule has 0 saturated heterocycles. The van der Waals surface area contributed by atoms with Crippen LogP contribution in [0.4, 0.5) is 0 Å². The Morgan fingerprint density at radius 1 is 1.28 bits per heavy atom. The van der Waals surface area contributed by atoms with Crippen LogP contribution in [0.2, 0.25) is 0 Å². The summed E-state index contributed by atoms with van der Waals surface area (Å²) < 4.78 is 0. The van der Waals surface area contributed by atoms with E-state index in [9.17, 15) is 0 Å². The molecule has 0 radical (unpaired) electrons. The van der Waals surface area contributed by atoms with Crippen molar-refractivity contribution in [3.8, 4) is 0 Å². The fourth-order valence-electron chi connectivity index (χ4n) is 2.86. The Bertz CT molecular complexity index is 412. The minimum Gasteiger partial charge on any atom is -0.313 e. The summed E-state index contributed by atoms with van der Waals surface area (Å²) in [7, 11) is 0. The fraction of sp³-hybridized carbons (Fsp3) is 0.625. The Balaban J connectivity index is 1.42. The summed E-state index contributed by atoms with van der Waals surface area (Å²) in [5.74, 6) is 2.16. The highest BCUT2D eigenvalue weighted by Crippen LogP contribution is 2.32. The average molecular weight is 261 g/mol. The monoisotopic (exact) mass is 261 g/mol. The van der Waals surface area contributed by atoms with Gasteiger partial charge in [-0.2, -0.15) is 0 Å². The van der Waals surface area contributed by atoms with Crippen molar-refractivity contribution >= 4 is 11.8 Å². The molecule has 1 fully saturated rings. The summed E-state index contributed by atoms with van der Waals surface area (Å²) in [6.45, 7) is 3.47. The van der Waals surface area contributed by atoms with Crippen LogP contribution in [0, 0.1) is 5.92 Å². The summed E-state index contributed by atoms with van der Waals surface area (Å²) in [6, 6.07) is 7.78. The lowest BCUT2D eigenvalue weighted by atomic mass is 10.1. The van der Waals surface area contributed by atoms with E-state index in [1.165, 1.54) is 42.8 Å². The molecule has 3 rings (SSSR count). The van der Waals surface area contributed by atoms with Gasteiger partial charge in [-0.05, 0) is 68.2 Å². The standard InChI is InChI=1S/C16H23NS/c1-12(13-5-6-13)17-9-10-18-16-8-7-14-3-2-4-15(14)11-16/h7-8,11-13,17H,2-6,9-10H2,1H3. The molecule has 0 bridgehead atoms. The predicted molar refractivity (Wildman–Crippen MR) is 79.4 cm³/mol. The number of rotatable bonds is 6. The molecule has 2 aliphatic rings. The third-order valence-electron chi connectivity index (χ3n) is 4.24. The van der Waals surface area contributed by atoms with Gasteiger partial charge in [0.2, 0.25) is 0 Å². The van der Waals surface area contributed by atoms with Crippen LogP contribution >= 0.6 is 11.8 Å². The molecule has 2 heteroatoms. The molecular formula is C16H23NS. The molecule has 18 heavy (non-hydrogen) atoms. The first-order chi connectivity index (χ1) is 8.83.